The van der Waals surface area contributed by atoms with Crippen LogP contribution in [0.3, 0.4) is 0 Å². The third-order valence-electron chi connectivity index (χ3n) is 7.83. The van der Waals surface area contributed by atoms with Crippen LogP contribution in [0, 0.1) is 23.3 Å². The molecular formula is C44H46Cl2F4N4O8. The first kappa shape index (κ1) is 50.2. The van der Waals surface area contributed by atoms with Gasteiger partial charge < -0.3 is 35.6 Å². The van der Waals surface area contributed by atoms with Gasteiger partial charge in [-0.3, -0.25) is 9.59 Å². The minimum Gasteiger partial charge on any atom is -0.444 e. The zero-order valence-corrected chi connectivity index (χ0v) is 36.5. The molecule has 0 spiro atoms. The van der Waals surface area contributed by atoms with E-state index >= 15 is 0 Å². The van der Waals surface area contributed by atoms with Gasteiger partial charge >= 0.3 is 17.8 Å². The summed E-state index contributed by atoms with van der Waals surface area (Å²) in [5.74, 6) is -3.78. The molecule has 0 unspecified atom stereocenters. The van der Waals surface area contributed by atoms with Crippen LogP contribution < -0.4 is 27.3 Å². The molecule has 0 bridgehead atoms. The Morgan fingerprint density at radius 3 is 1.76 bits per heavy atom. The van der Waals surface area contributed by atoms with E-state index in [1.807, 2.05) is 0 Å². The number of benzene rings is 4. The number of alkyl carbamates (subject to hydrolysis) is 2. The molecule has 0 saturated carbocycles. The zero-order valence-electron chi connectivity index (χ0n) is 35.0. The molecule has 1 aromatic heterocycles. The number of rotatable bonds is 8. The fourth-order valence-corrected chi connectivity index (χ4v) is 5.80. The Bertz CT molecular complexity index is 2420. The third kappa shape index (κ3) is 16.4. The van der Waals surface area contributed by atoms with E-state index in [1.54, 1.807) is 78.8 Å². The van der Waals surface area contributed by atoms with Crippen molar-refractivity contribution in [2.75, 3.05) is 11.1 Å². The second-order valence-corrected chi connectivity index (χ2v) is 16.4. The van der Waals surface area contributed by atoms with Gasteiger partial charge in [-0.1, -0.05) is 47.5 Å². The van der Waals surface area contributed by atoms with Crippen molar-refractivity contribution >= 4 is 69.2 Å². The average Bonchev–Trinajstić information content (AvgIpc) is 3.09. The SMILES string of the molecule is C[C@H](NC(=O)OC(C)(C)C)C(=O)Cc1cccc(Cl)c1C(=O)Nc1cc(F)cc(F)c1.C[C@H](NC(=O)OC(C)(C)C)c1cc2cccc(Cl)c2c(=O)o1.Nc1cc(F)cc(F)c1. The highest BCUT2D eigenvalue weighted by molar-refractivity contribution is 6.35. The molecule has 62 heavy (non-hydrogen) atoms. The number of Topliss-reactive ketones (excluding diaryl/α,β-unsaturated/α-hetero) is 1. The van der Waals surface area contributed by atoms with Gasteiger partial charge in [0.15, 0.2) is 5.78 Å². The summed E-state index contributed by atoms with van der Waals surface area (Å²) in [5.41, 5.74) is 3.53. The Hall–Kier alpha value is -6.13. The van der Waals surface area contributed by atoms with E-state index in [1.165, 1.54) is 19.1 Å². The van der Waals surface area contributed by atoms with Crippen LogP contribution in [-0.2, 0) is 20.7 Å². The van der Waals surface area contributed by atoms with Crippen LogP contribution in [0.2, 0.25) is 10.0 Å². The number of nitrogens with two attached hydrogens (primary N) is 1. The van der Waals surface area contributed by atoms with Gasteiger partial charge in [0.2, 0.25) is 0 Å². The molecule has 12 nitrogen and oxygen atoms in total. The molecule has 3 amide bonds. The Morgan fingerprint density at radius 1 is 0.726 bits per heavy atom. The van der Waals surface area contributed by atoms with Gasteiger partial charge in [-0.05, 0) is 109 Å². The normalized spacial score (nSPS) is 12.0. The number of amides is 3. The Kier molecular flexibility index (Phi) is 17.5. The standard InChI is InChI=1S/C22H23ClF2N2O4.C16H18ClNO4.C6H5F2N/c1-12(26-21(30)31-22(2,3)4)18(28)8-13-6-5-7-17(23)19(13)20(29)27-16-10-14(24)9-15(25)11-16;1-9(18-15(20)22-16(2,3)4)12-8-10-6-5-7-11(17)13(10)14(19)21-12;7-4-1-5(8)3-6(9)2-4/h5-7,9-12H,8H2,1-4H3,(H,26,30)(H,27,29);5-9H,1-4H3,(H,18,20);1-3H,9H2/t12-;9-;/m00./s1. The minimum atomic E-state index is -0.887. The Labute approximate surface area is 365 Å². The van der Waals surface area contributed by atoms with Crippen LogP contribution in [0.1, 0.15) is 83.1 Å². The topological polar surface area (TPSA) is 179 Å². The maximum atomic E-state index is 13.4. The molecule has 332 valence electrons. The van der Waals surface area contributed by atoms with Gasteiger partial charge in [0, 0.05) is 29.9 Å². The Morgan fingerprint density at radius 2 is 1.23 bits per heavy atom. The van der Waals surface area contributed by atoms with Crippen molar-refractivity contribution < 1.29 is 50.6 Å². The maximum absolute atomic E-state index is 13.4. The summed E-state index contributed by atoms with van der Waals surface area (Å²) < 4.78 is 66.6. The number of fused-ring (bicyclic) bond motifs is 1. The monoisotopic (exact) mass is 904 g/mol. The fourth-order valence-electron chi connectivity index (χ4n) is 5.26. The highest BCUT2D eigenvalue weighted by Crippen LogP contribution is 2.25. The Balaban J connectivity index is 0.000000284. The van der Waals surface area contributed by atoms with Crippen molar-refractivity contribution in [2.45, 2.75) is 85.1 Å². The molecular weight excluding hydrogens is 859 g/mol. The van der Waals surface area contributed by atoms with Crippen LogP contribution >= 0.6 is 23.2 Å². The number of halogens is 6. The lowest BCUT2D eigenvalue weighted by atomic mass is 9.99. The highest BCUT2D eigenvalue weighted by Gasteiger charge is 2.24. The summed E-state index contributed by atoms with van der Waals surface area (Å²) in [7, 11) is 0. The first-order chi connectivity index (χ1) is 28.7. The molecule has 18 heteroatoms. The number of hydrogen-bond acceptors (Lipinski definition) is 9. The molecule has 0 aliphatic heterocycles. The number of carbonyl (C=O) groups excluding carboxylic acids is 4. The summed E-state index contributed by atoms with van der Waals surface area (Å²) in [5, 5.41) is 8.85. The van der Waals surface area contributed by atoms with E-state index in [2.05, 4.69) is 16.0 Å². The van der Waals surface area contributed by atoms with E-state index in [4.69, 9.17) is 42.8 Å². The molecule has 5 rings (SSSR count). The van der Waals surface area contributed by atoms with E-state index in [-0.39, 0.29) is 34.2 Å². The number of nitrogens with one attached hydrogen (secondary N) is 3. The number of carbonyl (C=O) groups is 4. The van der Waals surface area contributed by atoms with Crippen molar-refractivity contribution in [3.8, 4) is 0 Å². The summed E-state index contributed by atoms with van der Waals surface area (Å²) in [6, 6.07) is 15.5. The van der Waals surface area contributed by atoms with Crippen LogP contribution in [0.4, 0.5) is 38.5 Å². The van der Waals surface area contributed by atoms with Crippen molar-refractivity contribution in [3.63, 3.8) is 0 Å². The number of hydrogen-bond donors (Lipinski definition) is 4. The van der Waals surface area contributed by atoms with Gasteiger partial charge in [-0.2, -0.15) is 0 Å². The van der Waals surface area contributed by atoms with Crippen molar-refractivity contribution in [1.82, 2.24) is 10.6 Å². The fraction of sp³-hybridized carbons (Fsp3) is 0.295. The molecule has 0 saturated heterocycles. The summed E-state index contributed by atoms with van der Waals surface area (Å²) >= 11 is 12.2. The molecule has 1 heterocycles. The quantitative estimate of drug-likeness (QED) is 0.0871. The molecule has 5 aromatic rings. The van der Waals surface area contributed by atoms with Crippen molar-refractivity contribution in [2.24, 2.45) is 0 Å². The number of nitrogen functional groups attached to an aromatic ring is 1. The lowest BCUT2D eigenvalue weighted by molar-refractivity contribution is -0.120. The van der Waals surface area contributed by atoms with E-state index in [0.717, 1.165) is 30.3 Å². The van der Waals surface area contributed by atoms with Gasteiger partial charge in [-0.25, -0.2) is 31.9 Å². The van der Waals surface area contributed by atoms with E-state index in [9.17, 15) is 41.5 Å². The summed E-state index contributed by atoms with van der Waals surface area (Å²) in [4.78, 5) is 61.0. The predicted molar refractivity (Wildman–Crippen MR) is 229 cm³/mol. The number of ether oxygens (including phenoxy) is 2. The second-order valence-electron chi connectivity index (χ2n) is 15.6. The number of ketones is 1. The largest absolute Gasteiger partial charge is 0.444 e. The van der Waals surface area contributed by atoms with Crippen molar-refractivity contribution in [1.29, 1.82) is 0 Å². The van der Waals surface area contributed by atoms with E-state index in [0.29, 0.717) is 33.2 Å². The van der Waals surface area contributed by atoms with Crippen LogP contribution in [0.5, 0.6) is 0 Å². The average molecular weight is 906 g/mol. The summed E-state index contributed by atoms with van der Waals surface area (Å²) in [6.07, 6.45) is -1.53. The third-order valence-corrected chi connectivity index (χ3v) is 8.46. The van der Waals surface area contributed by atoms with Crippen LogP contribution in [-0.4, -0.2) is 41.1 Å². The predicted octanol–water partition coefficient (Wildman–Crippen LogP) is 10.5. The lowest BCUT2D eigenvalue weighted by Crippen LogP contribution is -2.42. The molecule has 0 aliphatic rings. The van der Waals surface area contributed by atoms with Gasteiger partial charge in [0.25, 0.3) is 5.91 Å². The van der Waals surface area contributed by atoms with Crippen molar-refractivity contribution in [3.05, 3.63) is 139 Å². The molecule has 5 N–H and O–H groups in total. The zero-order chi connectivity index (χ0) is 46.7. The van der Waals surface area contributed by atoms with Crippen LogP contribution in [0.25, 0.3) is 10.8 Å². The molecule has 4 aromatic carbocycles. The van der Waals surface area contributed by atoms with Crippen LogP contribution in [0.15, 0.2) is 88.1 Å². The minimum absolute atomic E-state index is 0.00773. The smallest absolute Gasteiger partial charge is 0.408 e. The lowest BCUT2D eigenvalue weighted by Gasteiger charge is -2.21. The summed E-state index contributed by atoms with van der Waals surface area (Å²) in [6.45, 7) is 13.6. The first-order valence-corrected chi connectivity index (χ1v) is 19.5. The van der Waals surface area contributed by atoms with Gasteiger partial charge in [0.05, 0.1) is 33.1 Å². The second kappa shape index (κ2) is 21.6. The van der Waals surface area contributed by atoms with Gasteiger partial charge in [-0.15, -0.1) is 0 Å². The van der Waals surface area contributed by atoms with E-state index < -0.39 is 70.3 Å². The molecule has 0 aliphatic carbocycles. The molecule has 0 radical (unpaired) electrons. The first-order valence-electron chi connectivity index (χ1n) is 18.7. The molecule has 2 atom stereocenters. The van der Waals surface area contributed by atoms with Gasteiger partial charge in [0.1, 0.15) is 40.2 Å². The molecule has 0 fully saturated rings. The maximum Gasteiger partial charge on any atom is 0.408 e. The number of anilines is 2. The highest BCUT2D eigenvalue weighted by atomic mass is 35.5.